The zero-order chi connectivity index (χ0) is 15.6. The minimum absolute atomic E-state index is 0.0371. The van der Waals surface area contributed by atoms with E-state index in [2.05, 4.69) is 0 Å². The van der Waals surface area contributed by atoms with Crippen LogP contribution in [0.1, 0.15) is 44.6 Å². The molecule has 2 atom stereocenters. The average Bonchev–Trinajstić information content (AvgIpc) is 2.75. The molecule has 1 aromatic rings. The Hall–Kier alpha value is -2.17. The molecule has 0 saturated carbocycles. The number of hydrogen-bond donors (Lipinski definition) is 1. The Labute approximate surface area is 123 Å². The lowest BCUT2D eigenvalue weighted by atomic mass is 9.93. The van der Waals surface area contributed by atoms with Gasteiger partial charge in [0.05, 0.1) is 5.92 Å². The zero-order valence-corrected chi connectivity index (χ0v) is 12.2. The van der Waals surface area contributed by atoms with Crippen LogP contribution in [0.15, 0.2) is 30.3 Å². The molecular formula is C16H19NO4. The monoisotopic (exact) mass is 289 g/mol. The second-order valence-corrected chi connectivity index (χ2v) is 5.56. The normalized spacial score (nSPS) is 21.4. The standard InChI is InChI=1S/C16H19NO4/c1-3-9-16(2,15(20)21)17-13(18)10-12(14(17)19)11-7-5-4-6-8-11/h4-8,12H,3,9-10H2,1-2H3,(H,20,21). The lowest BCUT2D eigenvalue weighted by Crippen LogP contribution is -2.55. The molecule has 2 amide bonds. The summed E-state index contributed by atoms with van der Waals surface area (Å²) < 4.78 is 0. The van der Waals surface area contributed by atoms with Gasteiger partial charge < -0.3 is 5.11 Å². The highest BCUT2D eigenvalue weighted by atomic mass is 16.4. The van der Waals surface area contributed by atoms with Crippen molar-refractivity contribution in [1.82, 2.24) is 4.90 Å². The van der Waals surface area contributed by atoms with Crippen molar-refractivity contribution in [3.8, 4) is 0 Å². The summed E-state index contributed by atoms with van der Waals surface area (Å²) in [6, 6.07) is 9.02. The molecule has 5 heteroatoms. The topological polar surface area (TPSA) is 74.7 Å². The number of carboxylic acids is 1. The van der Waals surface area contributed by atoms with Gasteiger partial charge in [-0.15, -0.1) is 0 Å². The summed E-state index contributed by atoms with van der Waals surface area (Å²) in [4.78, 5) is 37.4. The van der Waals surface area contributed by atoms with Crippen LogP contribution in [-0.4, -0.2) is 33.3 Å². The average molecular weight is 289 g/mol. The number of benzene rings is 1. The fraction of sp³-hybridized carbons (Fsp3) is 0.438. The summed E-state index contributed by atoms with van der Waals surface area (Å²) in [5.74, 6) is -2.54. The van der Waals surface area contributed by atoms with E-state index in [1.54, 1.807) is 24.3 Å². The van der Waals surface area contributed by atoms with Gasteiger partial charge in [0, 0.05) is 6.42 Å². The lowest BCUT2D eigenvalue weighted by Gasteiger charge is -2.33. The Morgan fingerprint density at radius 3 is 2.48 bits per heavy atom. The Morgan fingerprint density at radius 1 is 1.33 bits per heavy atom. The van der Waals surface area contributed by atoms with E-state index in [9.17, 15) is 19.5 Å². The van der Waals surface area contributed by atoms with Crippen molar-refractivity contribution in [2.75, 3.05) is 0 Å². The number of carboxylic acid groups (broad SMARTS) is 1. The molecule has 1 N–H and O–H groups in total. The molecule has 2 unspecified atom stereocenters. The van der Waals surface area contributed by atoms with Crippen molar-refractivity contribution in [3.63, 3.8) is 0 Å². The molecule has 0 bridgehead atoms. The van der Waals surface area contributed by atoms with Crippen molar-refractivity contribution >= 4 is 17.8 Å². The maximum absolute atomic E-state index is 12.6. The second-order valence-electron chi connectivity index (χ2n) is 5.56. The number of hydrogen-bond acceptors (Lipinski definition) is 3. The van der Waals surface area contributed by atoms with E-state index in [1.807, 2.05) is 13.0 Å². The molecule has 1 aromatic carbocycles. The summed E-state index contributed by atoms with van der Waals surface area (Å²) in [6.45, 7) is 3.28. The maximum atomic E-state index is 12.6. The Bertz CT molecular complexity index is 569. The second kappa shape index (κ2) is 5.68. The summed E-state index contributed by atoms with van der Waals surface area (Å²) in [5, 5.41) is 9.47. The Balaban J connectivity index is 2.36. The van der Waals surface area contributed by atoms with Crippen LogP contribution in [0.25, 0.3) is 0 Å². The Morgan fingerprint density at radius 2 is 1.95 bits per heavy atom. The molecule has 1 aliphatic heterocycles. The van der Waals surface area contributed by atoms with Crippen molar-refractivity contribution in [3.05, 3.63) is 35.9 Å². The highest BCUT2D eigenvalue weighted by molar-refractivity contribution is 6.09. The first-order valence-corrected chi connectivity index (χ1v) is 7.07. The van der Waals surface area contributed by atoms with Gasteiger partial charge in [-0.05, 0) is 18.9 Å². The van der Waals surface area contributed by atoms with Crippen LogP contribution in [-0.2, 0) is 14.4 Å². The number of aliphatic carboxylic acids is 1. The van der Waals surface area contributed by atoms with Crippen molar-refractivity contribution in [1.29, 1.82) is 0 Å². The molecule has 21 heavy (non-hydrogen) atoms. The third-order valence-corrected chi connectivity index (χ3v) is 4.04. The van der Waals surface area contributed by atoms with Gasteiger partial charge in [0.15, 0.2) is 0 Å². The summed E-state index contributed by atoms with van der Waals surface area (Å²) in [7, 11) is 0. The number of carbonyl (C=O) groups excluding carboxylic acids is 2. The number of likely N-dealkylation sites (tertiary alicyclic amines) is 1. The fourth-order valence-electron chi connectivity index (χ4n) is 2.90. The van der Waals surface area contributed by atoms with Gasteiger partial charge >= 0.3 is 5.97 Å². The molecule has 1 saturated heterocycles. The quantitative estimate of drug-likeness (QED) is 0.843. The largest absolute Gasteiger partial charge is 0.479 e. The number of imide groups is 1. The SMILES string of the molecule is CCCC(C)(C(=O)O)N1C(=O)CC(c2ccccc2)C1=O. The maximum Gasteiger partial charge on any atom is 0.329 e. The molecule has 0 radical (unpaired) electrons. The van der Waals surface area contributed by atoms with Crippen molar-refractivity contribution < 1.29 is 19.5 Å². The molecule has 0 aliphatic carbocycles. The summed E-state index contributed by atoms with van der Waals surface area (Å²) >= 11 is 0. The van der Waals surface area contributed by atoms with Crippen molar-refractivity contribution in [2.45, 2.75) is 44.6 Å². The highest BCUT2D eigenvalue weighted by Crippen LogP contribution is 2.36. The minimum Gasteiger partial charge on any atom is -0.479 e. The predicted octanol–water partition coefficient (Wildman–Crippen LogP) is 2.17. The van der Waals surface area contributed by atoms with Gasteiger partial charge in [0.25, 0.3) is 0 Å². The molecule has 112 valence electrons. The smallest absolute Gasteiger partial charge is 0.329 e. The molecule has 5 nitrogen and oxygen atoms in total. The van der Waals surface area contributed by atoms with E-state index >= 15 is 0 Å². The Kier molecular flexibility index (Phi) is 4.11. The highest BCUT2D eigenvalue weighted by Gasteiger charge is 2.51. The minimum atomic E-state index is -1.47. The first-order valence-electron chi connectivity index (χ1n) is 7.07. The molecule has 2 rings (SSSR count). The van der Waals surface area contributed by atoms with Gasteiger partial charge in [-0.1, -0.05) is 43.7 Å². The summed E-state index contributed by atoms with van der Waals surface area (Å²) in [6.07, 6.45) is 0.868. The van der Waals surface area contributed by atoms with E-state index in [0.717, 1.165) is 10.5 Å². The first-order chi connectivity index (χ1) is 9.91. The van der Waals surface area contributed by atoms with E-state index in [0.29, 0.717) is 6.42 Å². The number of rotatable bonds is 5. The third kappa shape index (κ3) is 2.55. The van der Waals surface area contributed by atoms with Gasteiger partial charge in [0.2, 0.25) is 11.8 Å². The van der Waals surface area contributed by atoms with Crippen LogP contribution in [0.2, 0.25) is 0 Å². The zero-order valence-electron chi connectivity index (χ0n) is 12.2. The molecule has 1 fully saturated rings. The van der Waals surface area contributed by atoms with Crippen LogP contribution in [0.5, 0.6) is 0 Å². The van der Waals surface area contributed by atoms with Crippen LogP contribution >= 0.6 is 0 Å². The van der Waals surface area contributed by atoms with Gasteiger partial charge in [-0.25, -0.2) is 4.79 Å². The van der Waals surface area contributed by atoms with Crippen LogP contribution in [0, 0.1) is 0 Å². The van der Waals surface area contributed by atoms with Crippen LogP contribution < -0.4 is 0 Å². The predicted molar refractivity (Wildman–Crippen MR) is 76.6 cm³/mol. The number of nitrogens with zero attached hydrogens (tertiary/aromatic N) is 1. The van der Waals surface area contributed by atoms with E-state index in [-0.39, 0.29) is 12.8 Å². The van der Waals surface area contributed by atoms with Gasteiger partial charge in [-0.3, -0.25) is 14.5 Å². The van der Waals surface area contributed by atoms with Crippen molar-refractivity contribution in [2.24, 2.45) is 0 Å². The molecule has 1 heterocycles. The number of carbonyl (C=O) groups is 3. The van der Waals surface area contributed by atoms with Gasteiger partial charge in [-0.2, -0.15) is 0 Å². The molecule has 0 aromatic heterocycles. The number of amides is 2. The summed E-state index contributed by atoms with van der Waals surface area (Å²) in [5.41, 5.74) is -0.713. The van der Waals surface area contributed by atoms with Crippen LogP contribution in [0.4, 0.5) is 0 Å². The van der Waals surface area contributed by atoms with Gasteiger partial charge in [0.1, 0.15) is 5.54 Å². The fourth-order valence-corrected chi connectivity index (χ4v) is 2.90. The van der Waals surface area contributed by atoms with E-state index in [4.69, 9.17) is 0 Å². The molecular weight excluding hydrogens is 270 g/mol. The third-order valence-electron chi connectivity index (χ3n) is 4.04. The van der Waals surface area contributed by atoms with Crippen LogP contribution in [0.3, 0.4) is 0 Å². The molecule has 0 spiro atoms. The van der Waals surface area contributed by atoms with E-state index in [1.165, 1.54) is 6.92 Å². The van der Waals surface area contributed by atoms with E-state index < -0.39 is 29.2 Å². The first kappa shape index (κ1) is 15.2. The lowest BCUT2D eigenvalue weighted by molar-refractivity contribution is -0.162. The molecule has 1 aliphatic rings.